The summed E-state index contributed by atoms with van der Waals surface area (Å²) in [5.74, 6) is 1.01. The normalized spacial score (nSPS) is 14.5. The summed E-state index contributed by atoms with van der Waals surface area (Å²) in [6.45, 7) is 0. The molecule has 1 aliphatic carbocycles. The van der Waals surface area contributed by atoms with Gasteiger partial charge in [-0.3, -0.25) is 9.78 Å². The lowest BCUT2D eigenvalue weighted by Crippen LogP contribution is -2.13. The fraction of sp³-hybridized carbons (Fsp3) is 0.286. The Bertz CT molecular complexity index is 606. The topological polar surface area (TPSA) is 51.2 Å². The maximum absolute atomic E-state index is 11.8. The van der Waals surface area contributed by atoms with Crippen molar-refractivity contribution in [1.29, 1.82) is 0 Å². The highest BCUT2D eigenvalue weighted by molar-refractivity contribution is 6.03. The summed E-state index contributed by atoms with van der Waals surface area (Å²) in [5, 5.41) is 3.87. The van der Waals surface area contributed by atoms with E-state index in [-0.39, 0.29) is 11.8 Å². The van der Waals surface area contributed by atoms with Gasteiger partial charge in [-0.05, 0) is 37.1 Å². The summed E-state index contributed by atoms with van der Waals surface area (Å²) in [6, 6.07) is 7.49. The average Bonchev–Trinajstić information content (AvgIpc) is 3.23. The van der Waals surface area contributed by atoms with Crippen LogP contribution in [0, 0.1) is 5.92 Å². The first-order valence-electron chi connectivity index (χ1n) is 6.02. The van der Waals surface area contributed by atoms with Crippen LogP contribution in [0.25, 0.3) is 10.9 Å². The summed E-state index contributed by atoms with van der Waals surface area (Å²) < 4.78 is 5.27. The third-order valence-electron chi connectivity index (χ3n) is 3.16. The fourth-order valence-electron chi connectivity index (χ4n) is 2.00. The second-order valence-corrected chi connectivity index (χ2v) is 4.48. The van der Waals surface area contributed by atoms with Crippen LogP contribution in [0.5, 0.6) is 5.75 Å². The lowest BCUT2D eigenvalue weighted by atomic mass is 10.1. The number of aromatic nitrogens is 1. The van der Waals surface area contributed by atoms with Gasteiger partial charge in [-0.2, -0.15) is 0 Å². The van der Waals surface area contributed by atoms with Gasteiger partial charge in [0.1, 0.15) is 11.3 Å². The number of hydrogen-bond acceptors (Lipinski definition) is 3. The molecule has 1 amide bonds. The smallest absolute Gasteiger partial charge is 0.227 e. The molecule has 3 rings (SSSR count). The van der Waals surface area contributed by atoms with Gasteiger partial charge in [0.2, 0.25) is 5.91 Å². The van der Waals surface area contributed by atoms with E-state index < -0.39 is 0 Å². The highest BCUT2D eigenvalue weighted by Gasteiger charge is 2.29. The van der Waals surface area contributed by atoms with Gasteiger partial charge in [-0.25, -0.2) is 0 Å². The number of rotatable bonds is 3. The number of methoxy groups -OCH3 is 1. The van der Waals surface area contributed by atoms with Crippen molar-refractivity contribution in [3.8, 4) is 5.75 Å². The summed E-state index contributed by atoms with van der Waals surface area (Å²) in [7, 11) is 1.62. The number of fused-ring (bicyclic) bond motifs is 1. The molecule has 0 atom stereocenters. The predicted molar refractivity (Wildman–Crippen MR) is 69.6 cm³/mol. The maximum atomic E-state index is 11.8. The SMILES string of the molecule is COc1ccc(NC(=O)C2CC2)c2cccnc12. The summed E-state index contributed by atoms with van der Waals surface area (Å²) >= 11 is 0. The molecule has 0 saturated heterocycles. The number of anilines is 1. The Morgan fingerprint density at radius 1 is 1.39 bits per heavy atom. The van der Waals surface area contributed by atoms with Crippen molar-refractivity contribution in [2.24, 2.45) is 5.92 Å². The largest absolute Gasteiger partial charge is 0.494 e. The minimum atomic E-state index is 0.102. The molecule has 4 heteroatoms. The molecule has 1 aliphatic rings. The Kier molecular flexibility index (Phi) is 2.63. The number of carbonyl (C=O) groups is 1. The van der Waals surface area contributed by atoms with Crippen LogP contribution in [0.4, 0.5) is 5.69 Å². The number of amides is 1. The van der Waals surface area contributed by atoms with Crippen LogP contribution in [-0.4, -0.2) is 18.0 Å². The number of ether oxygens (including phenoxy) is 1. The van der Waals surface area contributed by atoms with Gasteiger partial charge in [0.25, 0.3) is 0 Å². The van der Waals surface area contributed by atoms with Crippen molar-refractivity contribution in [3.63, 3.8) is 0 Å². The van der Waals surface area contributed by atoms with Crippen molar-refractivity contribution < 1.29 is 9.53 Å². The molecule has 1 fully saturated rings. The van der Waals surface area contributed by atoms with Gasteiger partial charge in [0.15, 0.2) is 0 Å². The van der Waals surface area contributed by atoms with Gasteiger partial charge >= 0.3 is 0 Å². The van der Waals surface area contributed by atoms with Gasteiger partial charge in [-0.15, -0.1) is 0 Å². The van der Waals surface area contributed by atoms with E-state index in [4.69, 9.17) is 4.74 Å². The highest BCUT2D eigenvalue weighted by Crippen LogP contribution is 2.33. The molecule has 0 aliphatic heterocycles. The molecule has 1 aromatic heterocycles. The van der Waals surface area contributed by atoms with Crippen molar-refractivity contribution in [3.05, 3.63) is 30.5 Å². The van der Waals surface area contributed by atoms with E-state index in [1.807, 2.05) is 24.3 Å². The van der Waals surface area contributed by atoms with Gasteiger partial charge < -0.3 is 10.1 Å². The quantitative estimate of drug-likeness (QED) is 0.900. The first kappa shape index (κ1) is 11.0. The molecule has 1 heterocycles. The van der Waals surface area contributed by atoms with Crippen molar-refractivity contribution in [2.45, 2.75) is 12.8 Å². The molecule has 2 aromatic rings. The minimum Gasteiger partial charge on any atom is -0.494 e. The first-order valence-corrected chi connectivity index (χ1v) is 6.02. The predicted octanol–water partition coefficient (Wildman–Crippen LogP) is 2.59. The molecule has 0 unspecified atom stereocenters. The van der Waals surface area contributed by atoms with Crippen LogP contribution in [-0.2, 0) is 4.79 Å². The number of nitrogens with one attached hydrogen (secondary N) is 1. The van der Waals surface area contributed by atoms with E-state index in [9.17, 15) is 4.79 Å². The Morgan fingerprint density at radius 3 is 2.94 bits per heavy atom. The number of nitrogens with zero attached hydrogens (tertiary/aromatic N) is 1. The lowest BCUT2D eigenvalue weighted by Gasteiger charge is -2.10. The van der Waals surface area contributed by atoms with E-state index in [0.717, 1.165) is 35.2 Å². The molecule has 18 heavy (non-hydrogen) atoms. The number of pyridine rings is 1. The summed E-state index contributed by atoms with van der Waals surface area (Å²) in [6.07, 6.45) is 3.72. The molecule has 1 aromatic carbocycles. The van der Waals surface area contributed by atoms with E-state index in [2.05, 4.69) is 10.3 Å². The molecule has 0 spiro atoms. The van der Waals surface area contributed by atoms with Gasteiger partial charge in [-0.1, -0.05) is 0 Å². The average molecular weight is 242 g/mol. The van der Waals surface area contributed by atoms with E-state index in [1.54, 1.807) is 13.3 Å². The fourth-order valence-corrected chi connectivity index (χ4v) is 2.00. The van der Waals surface area contributed by atoms with Crippen LogP contribution in [0.1, 0.15) is 12.8 Å². The third-order valence-corrected chi connectivity index (χ3v) is 3.16. The highest BCUT2D eigenvalue weighted by atomic mass is 16.5. The van der Waals surface area contributed by atoms with E-state index >= 15 is 0 Å². The lowest BCUT2D eigenvalue weighted by molar-refractivity contribution is -0.117. The van der Waals surface area contributed by atoms with E-state index in [0.29, 0.717) is 0 Å². The van der Waals surface area contributed by atoms with Crippen LogP contribution >= 0.6 is 0 Å². The molecule has 1 N–H and O–H groups in total. The summed E-state index contributed by atoms with van der Waals surface area (Å²) in [5.41, 5.74) is 1.57. The van der Waals surface area contributed by atoms with Crippen molar-refractivity contribution >= 4 is 22.5 Å². The first-order chi connectivity index (χ1) is 8.79. The second kappa shape index (κ2) is 4.29. The second-order valence-electron chi connectivity index (χ2n) is 4.48. The number of hydrogen-bond donors (Lipinski definition) is 1. The molecule has 1 saturated carbocycles. The zero-order chi connectivity index (χ0) is 12.5. The van der Waals surface area contributed by atoms with Crippen LogP contribution in [0.3, 0.4) is 0 Å². The molecule has 0 bridgehead atoms. The molecular formula is C14H14N2O2. The van der Waals surface area contributed by atoms with E-state index in [1.165, 1.54) is 0 Å². The summed E-state index contributed by atoms with van der Waals surface area (Å²) in [4.78, 5) is 16.1. The van der Waals surface area contributed by atoms with Crippen molar-refractivity contribution in [1.82, 2.24) is 4.98 Å². The Morgan fingerprint density at radius 2 is 2.22 bits per heavy atom. The van der Waals surface area contributed by atoms with Gasteiger partial charge in [0, 0.05) is 17.5 Å². The monoisotopic (exact) mass is 242 g/mol. The van der Waals surface area contributed by atoms with Gasteiger partial charge in [0.05, 0.1) is 12.8 Å². The molecule has 92 valence electrons. The Labute approximate surface area is 105 Å². The number of benzene rings is 1. The van der Waals surface area contributed by atoms with Crippen molar-refractivity contribution in [2.75, 3.05) is 12.4 Å². The zero-order valence-corrected chi connectivity index (χ0v) is 10.1. The zero-order valence-electron chi connectivity index (χ0n) is 10.1. The van der Waals surface area contributed by atoms with Crippen LogP contribution in [0.15, 0.2) is 30.5 Å². The van der Waals surface area contributed by atoms with Crippen LogP contribution in [0.2, 0.25) is 0 Å². The standard InChI is InChI=1S/C14H14N2O2/c1-18-12-7-6-11(16-14(17)9-4-5-9)10-3-2-8-15-13(10)12/h2-3,6-9H,4-5H2,1H3,(H,16,17). The third kappa shape index (κ3) is 1.90. The Hall–Kier alpha value is -2.10. The number of carbonyl (C=O) groups excluding carboxylic acids is 1. The molecule has 0 radical (unpaired) electrons. The molecule has 4 nitrogen and oxygen atoms in total. The van der Waals surface area contributed by atoms with Crippen LogP contribution < -0.4 is 10.1 Å². The Balaban J connectivity index is 2.03. The maximum Gasteiger partial charge on any atom is 0.227 e. The minimum absolute atomic E-state index is 0.102. The molecular weight excluding hydrogens is 228 g/mol.